The summed E-state index contributed by atoms with van der Waals surface area (Å²) in [5.41, 5.74) is 4.90. The van der Waals surface area contributed by atoms with Crippen molar-refractivity contribution in [2.45, 2.75) is 11.8 Å². The van der Waals surface area contributed by atoms with E-state index in [1.165, 1.54) is 0 Å². The van der Waals surface area contributed by atoms with Crippen LogP contribution in [-0.4, -0.2) is 22.7 Å². The molecule has 1 saturated heterocycles. The Morgan fingerprint density at radius 2 is 1.03 bits per heavy atom. The van der Waals surface area contributed by atoms with E-state index in [9.17, 15) is 14.4 Å². The summed E-state index contributed by atoms with van der Waals surface area (Å²) in [5, 5.41) is 0.934. The van der Waals surface area contributed by atoms with Crippen LogP contribution in [0.4, 0.5) is 0 Å². The molecule has 32 heavy (non-hydrogen) atoms. The van der Waals surface area contributed by atoms with Gasteiger partial charge in [0, 0.05) is 17.4 Å². The average Bonchev–Trinajstić information content (AvgIpc) is 3.10. The lowest BCUT2D eigenvalue weighted by atomic mass is 9.68. The fourth-order valence-corrected chi connectivity index (χ4v) is 4.80. The van der Waals surface area contributed by atoms with Gasteiger partial charge >= 0.3 is 0 Å². The molecule has 0 unspecified atom stereocenters. The molecule has 4 atom stereocenters. The van der Waals surface area contributed by atoms with E-state index in [2.05, 4.69) is 5.43 Å². The van der Waals surface area contributed by atoms with Gasteiger partial charge in [-0.15, -0.1) is 0 Å². The molecule has 1 N–H and O–H groups in total. The molecule has 0 spiro atoms. The van der Waals surface area contributed by atoms with Crippen LogP contribution in [-0.2, 0) is 9.59 Å². The van der Waals surface area contributed by atoms with Crippen molar-refractivity contribution in [1.82, 2.24) is 10.4 Å². The van der Waals surface area contributed by atoms with Crippen LogP contribution < -0.4 is 5.43 Å². The van der Waals surface area contributed by atoms with E-state index in [-0.39, 0.29) is 23.7 Å². The molecule has 1 aliphatic carbocycles. The molecule has 2 aliphatic rings. The first-order valence-corrected chi connectivity index (χ1v) is 10.7. The SMILES string of the molecule is O=C(NN1C(=O)[C@H]2[C@H](C1=O)[C@@H](c1ccccc1)C=C[C@@H]2c1ccccc1)c1ccccc1. The number of nitrogens with one attached hydrogen (secondary N) is 1. The van der Waals surface area contributed by atoms with Crippen LogP contribution in [0.25, 0.3) is 0 Å². The van der Waals surface area contributed by atoms with Crippen molar-refractivity contribution in [3.05, 3.63) is 120 Å². The van der Waals surface area contributed by atoms with E-state index < -0.39 is 17.7 Å². The molecule has 3 aromatic carbocycles. The average molecular weight is 422 g/mol. The number of hydrogen-bond donors (Lipinski definition) is 1. The third-order valence-electron chi connectivity index (χ3n) is 6.32. The predicted octanol–water partition coefficient (Wildman–Crippen LogP) is 4.07. The van der Waals surface area contributed by atoms with Gasteiger partial charge in [0.1, 0.15) is 0 Å². The van der Waals surface area contributed by atoms with Crippen molar-refractivity contribution in [3.63, 3.8) is 0 Å². The Hall–Kier alpha value is -3.99. The van der Waals surface area contributed by atoms with E-state index >= 15 is 0 Å². The van der Waals surface area contributed by atoms with Crippen LogP contribution in [0, 0.1) is 11.8 Å². The quantitative estimate of drug-likeness (QED) is 0.509. The first-order chi connectivity index (χ1) is 15.6. The summed E-state index contributed by atoms with van der Waals surface area (Å²) in [6.07, 6.45) is 4.06. The van der Waals surface area contributed by atoms with Gasteiger partial charge < -0.3 is 0 Å². The Labute approximate surface area is 186 Å². The van der Waals surface area contributed by atoms with Crippen molar-refractivity contribution in [2.75, 3.05) is 0 Å². The highest BCUT2D eigenvalue weighted by atomic mass is 16.2. The minimum absolute atomic E-state index is 0.240. The minimum Gasteiger partial charge on any atom is -0.272 e. The molecule has 1 heterocycles. The zero-order valence-electron chi connectivity index (χ0n) is 17.3. The molecule has 3 amide bonds. The van der Waals surface area contributed by atoms with Crippen LogP contribution in [0.15, 0.2) is 103 Å². The van der Waals surface area contributed by atoms with Gasteiger partial charge in [0.15, 0.2) is 0 Å². The number of amides is 3. The Bertz CT molecular complexity index is 1110. The summed E-state index contributed by atoms with van der Waals surface area (Å²) in [7, 11) is 0. The van der Waals surface area contributed by atoms with Gasteiger partial charge in [-0.2, -0.15) is 5.01 Å². The van der Waals surface area contributed by atoms with Crippen molar-refractivity contribution >= 4 is 17.7 Å². The summed E-state index contributed by atoms with van der Waals surface area (Å²) in [5.74, 6) is -2.88. The highest BCUT2D eigenvalue weighted by Gasteiger charge is 2.55. The molecule has 5 nitrogen and oxygen atoms in total. The summed E-state index contributed by atoms with van der Waals surface area (Å²) in [4.78, 5) is 39.8. The lowest BCUT2D eigenvalue weighted by molar-refractivity contribution is -0.142. The number of fused-ring (bicyclic) bond motifs is 1. The Balaban J connectivity index is 1.53. The number of carbonyl (C=O) groups excluding carboxylic acids is 3. The molecule has 1 aliphatic heterocycles. The van der Waals surface area contributed by atoms with E-state index in [0.717, 1.165) is 16.1 Å². The smallest absolute Gasteiger partial charge is 0.270 e. The number of hydrazine groups is 1. The second-order valence-corrected chi connectivity index (χ2v) is 8.13. The summed E-state index contributed by atoms with van der Waals surface area (Å²) in [6, 6.07) is 28.0. The highest BCUT2D eigenvalue weighted by Crippen LogP contribution is 2.48. The monoisotopic (exact) mass is 422 g/mol. The minimum atomic E-state index is -0.587. The Morgan fingerprint density at radius 1 is 0.625 bits per heavy atom. The maximum atomic E-state index is 13.5. The molecular weight excluding hydrogens is 400 g/mol. The summed E-state index contributed by atoms with van der Waals surface area (Å²) in [6.45, 7) is 0. The largest absolute Gasteiger partial charge is 0.272 e. The van der Waals surface area contributed by atoms with Gasteiger partial charge in [-0.1, -0.05) is 91.0 Å². The van der Waals surface area contributed by atoms with Crippen molar-refractivity contribution in [2.24, 2.45) is 11.8 Å². The molecule has 5 heteroatoms. The van der Waals surface area contributed by atoms with Crippen molar-refractivity contribution < 1.29 is 14.4 Å². The maximum absolute atomic E-state index is 13.5. The van der Waals surface area contributed by atoms with Crippen molar-refractivity contribution in [1.29, 1.82) is 0 Å². The van der Waals surface area contributed by atoms with Crippen LogP contribution in [0.1, 0.15) is 33.3 Å². The van der Waals surface area contributed by atoms with E-state index in [1.807, 2.05) is 72.8 Å². The van der Waals surface area contributed by atoms with E-state index in [1.54, 1.807) is 30.3 Å². The zero-order valence-corrected chi connectivity index (χ0v) is 17.3. The fraction of sp³-hybridized carbons (Fsp3) is 0.148. The standard InChI is InChI=1S/C27H22N2O3/c30-25(20-14-8-3-9-15-20)28-29-26(31)23-21(18-10-4-1-5-11-18)16-17-22(24(23)27(29)32)19-12-6-2-7-13-19/h1-17,21-24H,(H,28,30)/t21-,22-,23-,24-/m1/s1. The molecule has 1 fully saturated rings. The summed E-state index contributed by atoms with van der Waals surface area (Å²) >= 11 is 0. The van der Waals surface area contributed by atoms with Gasteiger partial charge in [-0.3, -0.25) is 19.8 Å². The normalized spacial score (nSPS) is 24.3. The predicted molar refractivity (Wildman–Crippen MR) is 120 cm³/mol. The van der Waals surface area contributed by atoms with Gasteiger partial charge in [0.25, 0.3) is 17.7 Å². The molecule has 0 saturated carbocycles. The van der Waals surface area contributed by atoms with Gasteiger partial charge in [-0.05, 0) is 23.3 Å². The molecule has 5 rings (SSSR count). The van der Waals surface area contributed by atoms with Crippen LogP contribution >= 0.6 is 0 Å². The van der Waals surface area contributed by atoms with Crippen molar-refractivity contribution in [3.8, 4) is 0 Å². The van der Waals surface area contributed by atoms with E-state index in [4.69, 9.17) is 0 Å². The number of rotatable bonds is 4. The van der Waals surface area contributed by atoms with Gasteiger partial charge in [0.05, 0.1) is 11.8 Å². The zero-order chi connectivity index (χ0) is 22.1. The Morgan fingerprint density at radius 3 is 1.47 bits per heavy atom. The number of nitrogens with zero attached hydrogens (tertiary/aromatic N) is 1. The number of carbonyl (C=O) groups is 3. The van der Waals surface area contributed by atoms with Gasteiger partial charge in [-0.25, -0.2) is 0 Å². The topological polar surface area (TPSA) is 66.5 Å². The van der Waals surface area contributed by atoms with E-state index in [0.29, 0.717) is 5.56 Å². The Kier molecular flexibility index (Phi) is 5.15. The number of benzene rings is 3. The highest BCUT2D eigenvalue weighted by molar-refractivity contribution is 6.09. The third kappa shape index (κ3) is 3.42. The maximum Gasteiger partial charge on any atom is 0.270 e. The molecule has 3 aromatic rings. The lowest BCUT2D eigenvalue weighted by Crippen LogP contribution is -2.46. The fourth-order valence-electron chi connectivity index (χ4n) is 4.80. The molecule has 0 bridgehead atoms. The molecule has 158 valence electrons. The molecule has 0 aromatic heterocycles. The first-order valence-electron chi connectivity index (χ1n) is 10.7. The number of allylic oxidation sites excluding steroid dienone is 2. The van der Waals surface area contributed by atoms with Crippen LogP contribution in [0.3, 0.4) is 0 Å². The lowest BCUT2D eigenvalue weighted by Gasteiger charge is -2.32. The summed E-state index contributed by atoms with van der Waals surface area (Å²) < 4.78 is 0. The van der Waals surface area contributed by atoms with Crippen LogP contribution in [0.5, 0.6) is 0 Å². The molecule has 0 radical (unpaired) electrons. The third-order valence-corrected chi connectivity index (χ3v) is 6.32. The second kappa shape index (κ2) is 8.27. The molecular formula is C27H22N2O3. The second-order valence-electron chi connectivity index (χ2n) is 8.13. The van der Waals surface area contributed by atoms with Crippen LogP contribution in [0.2, 0.25) is 0 Å². The number of hydrogen-bond acceptors (Lipinski definition) is 3. The van der Waals surface area contributed by atoms with Gasteiger partial charge in [0.2, 0.25) is 0 Å². The number of imide groups is 1. The first kappa shape index (κ1) is 19.9.